The third-order valence-electron chi connectivity index (χ3n) is 6.05. The van der Waals surface area contributed by atoms with Crippen LogP contribution in [0.25, 0.3) is 0 Å². The molecule has 2 aromatic rings. The van der Waals surface area contributed by atoms with Gasteiger partial charge >= 0.3 is 6.09 Å². The standard InChI is InChI=1S/C28H37N3O5/c1-28(2,3)36-27(35)30-24(20-10-5-4-6-11-20)18-25(33)29-15-9-16-31-19-21(14-17-32)22-12-7-8-13-23(22)26(31)34/h4-8,10-13,21,24,32H,9,14-19H2,1-3H3,(H,29,33)(H,30,35)/t21?,24-/m0/s1. The van der Waals surface area contributed by atoms with Crippen molar-refractivity contribution < 1.29 is 24.2 Å². The zero-order valence-electron chi connectivity index (χ0n) is 21.3. The Morgan fingerprint density at radius 2 is 1.81 bits per heavy atom. The van der Waals surface area contributed by atoms with Crippen molar-refractivity contribution in [3.8, 4) is 0 Å². The Kier molecular flexibility index (Phi) is 9.47. The first-order valence-electron chi connectivity index (χ1n) is 12.5. The highest BCUT2D eigenvalue weighted by Crippen LogP contribution is 2.30. The molecular weight excluding hydrogens is 458 g/mol. The van der Waals surface area contributed by atoms with Crippen LogP contribution >= 0.6 is 0 Å². The van der Waals surface area contributed by atoms with E-state index >= 15 is 0 Å². The predicted octanol–water partition coefficient (Wildman–Crippen LogP) is 3.77. The molecule has 36 heavy (non-hydrogen) atoms. The lowest BCUT2D eigenvalue weighted by atomic mass is 9.87. The van der Waals surface area contributed by atoms with Gasteiger partial charge in [0.1, 0.15) is 5.60 Å². The zero-order valence-corrected chi connectivity index (χ0v) is 21.3. The molecule has 0 bridgehead atoms. The van der Waals surface area contributed by atoms with E-state index in [0.717, 1.165) is 11.1 Å². The van der Waals surface area contributed by atoms with Crippen molar-refractivity contribution in [3.63, 3.8) is 0 Å². The van der Waals surface area contributed by atoms with Crippen LogP contribution in [-0.4, -0.2) is 59.8 Å². The van der Waals surface area contributed by atoms with Gasteiger partial charge in [0.2, 0.25) is 5.91 Å². The summed E-state index contributed by atoms with van der Waals surface area (Å²) in [5.74, 6) is -0.116. The minimum absolute atomic E-state index is 0.0168. The van der Waals surface area contributed by atoms with E-state index in [1.54, 1.807) is 25.7 Å². The second-order valence-electron chi connectivity index (χ2n) is 10.1. The Morgan fingerprint density at radius 3 is 2.50 bits per heavy atom. The maximum Gasteiger partial charge on any atom is 0.408 e. The molecule has 1 aliphatic rings. The fourth-order valence-corrected chi connectivity index (χ4v) is 4.40. The molecule has 0 fully saturated rings. The van der Waals surface area contributed by atoms with Crippen molar-refractivity contribution >= 4 is 17.9 Å². The van der Waals surface area contributed by atoms with E-state index in [-0.39, 0.29) is 30.8 Å². The van der Waals surface area contributed by atoms with Crippen LogP contribution in [0, 0.1) is 0 Å². The van der Waals surface area contributed by atoms with Gasteiger partial charge in [0.25, 0.3) is 5.91 Å². The lowest BCUT2D eigenvalue weighted by Gasteiger charge is -2.34. The SMILES string of the molecule is CC(C)(C)OC(=O)N[C@@H](CC(=O)NCCCN1CC(CCO)c2ccccc2C1=O)c1ccccc1. The van der Waals surface area contributed by atoms with E-state index in [2.05, 4.69) is 10.6 Å². The second kappa shape index (κ2) is 12.5. The summed E-state index contributed by atoms with van der Waals surface area (Å²) < 4.78 is 5.36. The first-order chi connectivity index (χ1) is 17.2. The van der Waals surface area contributed by atoms with Gasteiger partial charge in [-0.3, -0.25) is 9.59 Å². The number of aliphatic hydroxyl groups is 1. The Balaban J connectivity index is 1.52. The molecule has 0 radical (unpaired) electrons. The number of rotatable bonds is 10. The quantitative estimate of drug-likeness (QED) is 0.435. The number of fused-ring (bicyclic) bond motifs is 1. The molecule has 0 saturated carbocycles. The van der Waals surface area contributed by atoms with Gasteiger partial charge in [-0.15, -0.1) is 0 Å². The number of hydrogen-bond donors (Lipinski definition) is 3. The van der Waals surface area contributed by atoms with Crippen LogP contribution in [0.2, 0.25) is 0 Å². The summed E-state index contributed by atoms with van der Waals surface area (Å²) in [5.41, 5.74) is 1.85. The number of alkyl carbamates (subject to hydrolysis) is 1. The van der Waals surface area contributed by atoms with Gasteiger partial charge in [-0.05, 0) is 50.8 Å². The molecule has 8 heteroatoms. The fourth-order valence-electron chi connectivity index (χ4n) is 4.40. The van der Waals surface area contributed by atoms with E-state index in [9.17, 15) is 19.5 Å². The van der Waals surface area contributed by atoms with Crippen molar-refractivity contribution in [1.82, 2.24) is 15.5 Å². The lowest BCUT2D eigenvalue weighted by Crippen LogP contribution is -2.42. The van der Waals surface area contributed by atoms with E-state index in [0.29, 0.717) is 38.0 Å². The van der Waals surface area contributed by atoms with Crippen molar-refractivity contribution in [2.45, 2.75) is 57.6 Å². The van der Waals surface area contributed by atoms with Gasteiger partial charge in [0, 0.05) is 37.7 Å². The molecule has 0 spiro atoms. The Morgan fingerprint density at radius 1 is 1.11 bits per heavy atom. The van der Waals surface area contributed by atoms with Crippen LogP contribution in [0.4, 0.5) is 4.79 Å². The Bertz CT molecular complexity index is 1030. The Labute approximate surface area is 213 Å². The summed E-state index contributed by atoms with van der Waals surface area (Å²) in [5, 5.41) is 15.2. The topological polar surface area (TPSA) is 108 Å². The van der Waals surface area contributed by atoms with Crippen LogP contribution in [0.5, 0.6) is 0 Å². The number of amides is 3. The summed E-state index contributed by atoms with van der Waals surface area (Å²) in [4.78, 5) is 39.8. The van der Waals surface area contributed by atoms with Gasteiger partial charge in [0.15, 0.2) is 0 Å². The van der Waals surface area contributed by atoms with Crippen LogP contribution in [0.15, 0.2) is 54.6 Å². The average molecular weight is 496 g/mol. The summed E-state index contributed by atoms with van der Waals surface area (Å²) in [6.07, 6.45) is 0.688. The smallest absolute Gasteiger partial charge is 0.408 e. The van der Waals surface area contributed by atoms with E-state index in [4.69, 9.17) is 4.74 Å². The minimum atomic E-state index is -0.643. The van der Waals surface area contributed by atoms with E-state index < -0.39 is 17.7 Å². The van der Waals surface area contributed by atoms with E-state index in [1.165, 1.54) is 0 Å². The normalized spacial score (nSPS) is 16.2. The highest BCUT2D eigenvalue weighted by atomic mass is 16.6. The average Bonchev–Trinajstić information content (AvgIpc) is 2.83. The molecule has 0 saturated heterocycles. The molecule has 1 unspecified atom stereocenters. The van der Waals surface area contributed by atoms with Gasteiger partial charge in [0.05, 0.1) is 12.5 Å². The summed E-state index contributed by atoms with van der Waals surface area (Å²) in [6.45, 7) is 6.89. The van der Waals surface area contributed by atoms with Crippen molar-refractivity contribution in [1.29, 1.82) is 0 Å². The largest absolute Gasteiger partial charge is 0.444 e. The summed E-state index contributed by atoms with van der Waals surface area (Å²) in [6, 6.07) is 16.3. The molecule has 1 aliphatic heterocycles. The number of nitrogens with zero attached hydrogens (tertiary/aromatic N) is 1. The highest BCUT2D eigenvalue weighted by molar-refractivity contribution is 5.97. The van der Waals surface area contributed by atoms with Crippen LogP contribution in [-0.2, 0) is 9.53 Å². The molecule has 0 aromatic heterocycles. The number of hydrogen-bond acceptors (Lipinski definition) is 5. The monoisotopic (exact) mass is 495 g/mol. The van der Waals surface area contributed by atoms with Crippen LogP contribution in [0.1, 0.15) is 73.5 Å². The van der Waals surface area contributed by atoms with Crippen LogP contribution < -0.4 is 10.6 Å². The molecular formula is C28H37N3O5. The highest BCUT2D eigenvalue weighted by Gasteiger charge is 2.30. The van der Waals surface area contributed by atoms with Gasteiger partial charge in [-0.1, -0.05) is 48.5 Å². The molecule has 8 nitrogen and oxygen atoms in total. The van der Waals surface area contributed by atoms with Gasteiger partial charge in [-0.2, -0.15) is 0 Å². The fraction of sp³-hybridized carbons (Fsp3) is 0.464. The molecule has 0 aliphatic carbocycles. The lowest BCUT2D eigenvalue weighted by molar-refractivity contribution is -0.121. The van der Waals surface area contributed by atoms with Gasteiger partial charge in [-0.25, -0.2) is 4.79 Å². The molecule has 2 atom stereocenters. The molecule has 1 heterocycles. The first kappa shape index (κ1) is 27.2. The van der Waals surface area contributed by atoms with Gasteiger partial charge < -0.3 is 25.4 Å². The third-order valence-corrected chi connectivity index (χ3v) is 6.05. The third kappa shape index (κ3) is 7.81. The predicted molar refractivity (Wildman–Crippen MR) is 138 cm³/mol. The van der Waals surface area contributed by atoms with Crippen molar-refractivity contribution in [2.24, 2.45) is 0 Å². The zero-order chi connectivity index (χ0) is 26.1. The number of nitrogens with one attached hydrogen (secondary N) is 2. The number of carbonyl (C=O) groups is 3. The molecule has 194 valence electrons. The number of benzene rings is 2. The molecule has 3 amide bonds. The van der Waals surface area contributed by atoms with Crippen LogP contribution in [0.3, 0.4) is 0 Å². The molecule has 3 N–H and O–H groups in total. The number of aliphatic hydroxyl groups excluding tert-OH is 1. The van der Waals surface area contributed by atoms with Crippen molar-refractivity contribution in [3.05, 3.63) is 71.3 Å². The maximum atomic E-state index is 12.9. The first-order valence-corrected chi connectivity index (χ1v) is 12.5. The number of ether oxygens (including phenoxy) is 1. The van der Waals surface area contributed by atoms with E-state index in [1.807, 2.05) is 54.6 Å². The number of carbonyl (C=O) groups excluding carboxylic acids is 3. The maximum absolute atomic E-state index is 12.9. The molecule has 3 rings (SSSR count). The second-order valence-corrected chi connectivity index (χ2v) is 10.1. The minimum Gasteiger partial charge on any atom is -0.444 e. The summed E-state index contributed by atoms with van der Waals surface area (Å²) >= 11 is 0. The molecule has 2 aromatic carbocycles. The Hall–Kier alpha value is -3.39. The van der Waals surface area contributed by atoms with Crippen molar-refractivity contribution in [2.75, 3.05) is 26.2 Å². The summed E-state index contributed by atoms with van der Waals surface area (Å²) in [7, 11) is 0.